The molecule has 0 fully saturated rings. The van der Waals surface area contributed by atoms with Crippen molar-refractivity contribution in [1.82, 2.24) is 20.2 Å². The molecule has 0 saturated heterocycles. The van der Waals surface area contributed by atoms with E-state index in [1.54, 1.807) is 24.4 Å². The molecule has 9 heteroatoms. The van der Waals surface area contributed by atoms with Crippen LogP contribution in [-0.4, -0.2) is 34.7 Å². The Bertz CT molecular complexity index is 1190. The Morgan fingerprint density at radius 2 is 1.97 bits per heavy atom. The summed E-state index contributed by atoms with van der Waals surface area (Å²) >= 11 is 0. The van der Waals surface area contributed by atoms with E-state index >= 15 is 0 Å². The van der Waals surface area contributed by atoms with Gasteiger partial charge in [-0.25, -0.2) is 0 Å². The molecule has 31 heavy (non-hydrogen) atoms. The van der Waals surface area contributed by atoms with Gasteiger partial charge in [0.05, 0.1) is 23.1 Å². The highest BCUT2D eigenvalue weighted by Crippen LogP contribution is 2.35. The third-order valence-corrected chi connectivity index (χ3v) is 4.99. The molecule has 9 nitrogen and oxygen atoms in total. The summed E-state index contributed by atoms with van der Waals surface area (Å²) in [6, 6.07) is 8.81. The van der Waals surface area contributed by atoms with Crippen molar-refractivity contribution in [2.75, 3.05) is 13.3 Å². The minimum Gasteiger partial charge on any atom is -0.454 e. The Hall–Kier alpha value is -3.88. The number of nitrogens with one attached hydrogen (secondary N) is 2. The van der Waals surface area contributed by atoms with Gasteiger partial charge in [0.15, 0.2) is 11.5 Å². The molecular formula is C22H22N4O5. The fourth-order valence-electron chi connectivity index (χ4n) is 3.37. The van der Waals surface area contributed by atoms with Crippen molar-refractivity contribution in [3.63, 3.8) is 0 Å². The van der Waals surface area contributed by atoms with Crippen molar-refractivity contribution in [3.05, 3.63) is 64.2 Å². The second-order valence-electron chi connectivity index (χ2n) is 6.98. The number of hydrogen-bond acceptors (Lipinski definition) is 6. The van der Waals surface area contributed by atoms with Gasteiger partial charge in [-0.1, -0.05) is 6.07 Å². The van der Waals surface area contributed by atoms with E-state index in [1.165, 1.54) is 6.20 Å². The summed E-state index contributed by atoms with van der Waals surface area (Å²) in [5, 5.41) is 5.78. The molecule has 0 radical (unpaired) electrons. The van der Waals surface area contributed by atoms with E-state index < -0.39 is 11.3 Å². The quantitative estimate of drug-likeness (QED) is 0.598. The molecule has 0 aliphatic carbocycles. The van der Waals surface area contributed by atoms with Gasteiger partial charge in [-0.05, 0) is 25.1 Å². The number of rotatable bonds is 7. The molecule has 2 N–H and O–H groups in total. The summed E-state index contributed by atoms with van der Waals surface area (Å²) in [5.74, 6) is 0.310. The molecule has 0 unspecified atom stereocenters. The summed E-state index contributed by atoms with van der Waals surface area (Å²) < 4.78 is 12.6. The number of carbonyl (C=O) groups is 2. The number of carbonyl (C=O) groups excluding carboxylic acids is 2. The van der Waals surface area contributed by atoms with Crippen molar-refractivity contribution in [3.8, 4) is 11.5 Å². The predicted molar refractivity (Wildman–Crippen MR) is 113 cm³/mol. The van der Waals surface area contributed by atoms with Crippen LogP contribution in [0.15, 0.2) is 47.5 Å². The Morgan fingerprint density at radius 1 is 1.16 bits per heavy atom. The van der Waals surface area contributed by atoms with Gasteiger partial charge in [-0.15, -0.1) is 0 Å². The maximum absolute atomic E-state index is 12.9. The van der Waals surface area contributed by atoms with E-state index in [4.69, 9.17) is 9.47 Å². The lowest BCUT2D eigenvalue weighted by Gasteiger charge is -2.12. The number of hydrogen-bond donors (Lipinski definition) is 2. The Labute approximate surface area is 178 Å². The van der Waals surface area contributed by atoms with E-state index in [9.17, 15) is 14.4 Å². The molecule has 0 saturated carbocycles. The molecule has 1 aromatic carbocycles. The molecule has 3 aromatic rings. The van der Waals surface area contributed by atoms with Crippen LogP contribution in [-0.2, 0) is 17.9 Å². The minimum absolute atomic E-state index is 0.0158. The monoisotopic (exact) mass is 422 g/mol. The summed E-state index contributed by atoms with van der Waals surface area (Å²) in [5.41, 5.74) is 1.04. The Balaban J connectivity index is 1.43. The molecule has 1 aliphatic rings. The van der Waals surface area contributed by atoms with E-state index in [1.807, 2.05) is 23.6 Å². The van der Waals surface area contributed by atoms with Crippen LogP contribution in [0.5, 0.6) is 11.5 Å². The van der Waals surface area contributed by atoms with Crippen molar-refractivity contribution in [2.45, 2.75) is 26.4 Å². The smallest absolute Gasteiger partial charge is 0.256 e. The maximum Gasteiger partial charge on any atom is 0.256 e. The zero-order chi connectivity index (χ0) is 21.8. The number of nitrogens with zero attached hydrogens (tertiary/aromatic N) is 2. The maximum atomic E-state index is 12.9. The molecule has 0 bridgehead atoms. The van der Waals surface area contributed by atoms with Gasteiger partial charge in [-0.3, -0.25) is 19.4 Å². The first-order valence-electron chi connectivity index (χ1n) is 9.98. The topological polar surface area (TPSA) is 112 Å². The highest BCUT2D eigenvalue weighted by atomic mass is 16.7. The van der Waals surface area contributed by atoms with E-state index in [-0.39, 0.29) is 31.2 Å². The molecular weight excluding hydrogens is 400 g/mol. The van der Waals surface area contributed by atoms with E-state index in [0.717, 1.165) is 5.69 Å². The first-order chi connectivity index (χ1) is 15.1. The van der Waals surface area contributed by atoms with Gasteiger partial charge in [0.1, 0.15) is 5.56 Å². The number of aromatic nitrogens is 2. The molecule has 0 spiro atoms. The lowest BCUT2D eigenvalue weighted by atomic mass is 10.1. The highest BCUT2D eigenvalue weighted by Gasteiger charge is 2.20. The predicted octanol–water partition coefficient (Wildman–Crippen LogP) is 1.58. The fourth-order valence-corrected chi connectivity index (χ4v) is 3.37. The number of fused-ring (bicyclic) bond motifs is 2. The van der Waals surface area contributed by atoms with Crippen molar-refractivity contribution in [1.29, 1.82) is 0 Å². The van der Waals surface area contributed by atoms with Crippen LogP contribution in [0.2, 0.25) is 0 Å². The number of aryl methyl sites for hydroxylation is 1. The Kier molecular flexibility index (Phi) is 5.83. The third-order valence-electron chi connectivity index (χ3n) is 4.99. The number of benzene rings is 1. The number of ether oxygens (including phenoxy) is 2. The summed E-state index contributed by atoms with van der Waals surface area (Å²) in [7, 11) is 0. The normalized spacial score (nSPS) is 12.0. The summed E-state index contributed by atoms with van der Waals surface area (Å²) in [6.07, 6.45) is 3.28. The summed E-state index contributed by atoms with van der Waals surface area (Å²) in [4.78, 5) is 41.7. The SMILES string of the molecule is CCn1cc(C(=O)NCCC(=O)NCc2ccccn2)c(=O)c2cc3c(cc21)OCO3. The van der Waals surface area contributed by atoms with Gasteiger partial charge in [0, 0.05) is 38.0 Å². The molecule has 4 rings (SSSR count). The average molecular weight is 422 g/mol. The van der Waals surface area contributed by atoms with Gasteiger partial charge < -0.3 is 24.7 Å². The average Bonchev–Trinajstić information content (AvgIpc) is 3.25. The zero-order valence-corrected chi connectivity index (χ0v) is 17.0. The van der Waals surface area contributed by atoms with E-state index in [2.05, 4.69) is 15.6 Å². The third kappa shape index (κ3) is 4.35. The fraction of sp³-hybridized carbons (Fsp3) is 0.273. The van der Waals surface area contributed by atoms with Gasteiger partial charge in [0.25, 0.3) is 5.91 Å². The highest BCUT2D eigenvalue weighted by molar-refractivity contribution is 5.98. The molecule has 2 amide bonds. The largest absolute Gasteiger partial charge is 0.454 e. The molecule has 1 aliphatic heterocycles. The molecule has 160 valence electrons. The van der Waals surface area contributed by atoms with E-state index in [0.29, 0.717) is 35.5 Å². The second-order valence-corrected chi connectivity index (χ2v) is 6.98. The molecule has 0 atom stereocenters. The lowest BCUT2D eigenvalue weighted by Crippen LogP contribution is -2.33. The van der Waals surface area contributed by atoms with Crippen LogP contribution in [0.1, 0.15) is 29.4 Å². The van der Waals surface area contributed by atoms with Crippen molar-refractivity contribution in [2.24, 2.45) is 0 Å². The van der Waals surface area contributed by atoms with Crippen molar-refractivity contribution < 1.29 is 19.1 Å². The zero-order valence-electron chi connectivity index (χ0n) is 17.0. The first-order valence-corrected chi connectivity index (χ1v) is 9.98. The van der Waals surface area contributed by atoms with Gasteiger partial charge in [0.2, 0.25) is 18.1 Å². The molecule has 3 heterocycles. The van der Waals surface area contributed by atoms with Crippen LogP contribution in [0, 0.1) is 0 Å². The standard InChI is InChI=1S/C22H22N4O5/c1-2-26-12-16(21(28)15-9-18-19(10-17(15)26)31-13-30-18)22(29)24-8-6-20(27)25-11-14-5-3-4-7-23-14/h3-5,7,9-10,12H,2,6,8,11,13H2,1H3,(H,24,29)(H,25,27). The number of amides is 2. The second kappa shape index (κ2) is 8.86. The van der Waals surface area contributed by atoms with Gasteiger partial charge in [-0.2, -0.15) is 0 Å². The lowest BCUT2D eigenvalue weighted by molar-refractivity contribution is -0.121. The van der Waals surface area contributed by atoms with Crippen LogP contribution in [0.4, 0.5) is 0 Å². The summed E-state index contributed by atoms with van der Waals surface area (Å²) in [6.45, 7) is 3.00. The number of pyridine rings is 2. The van der Waals surface area contributed by atoms with Crippen LogP contribution >= 0.6 is 0 Å². The minimum atomic E-state index is -0.524. The Morgan fingerprint density at radius 3 is 2.71 bits per heavy atom. The van der Waals surface area contributed by atoms with Gasteiger partial charge >= 0.3 is 0 Å². The van der Waals surface area contributed by atoms with Crippen LogP contribution < -0.4 is 25.5 Å². The first kappa shape index (κ1) is 20.4. The van der Waals surface area contributed by atoms with Crippen molar-refractivity contribution >= 4 is 22.7 Å². The van der Waals surface area contributed by atoms with Crippen LogP contribution in [0.25, 0.3) is 10.9 Å². The van der Waals surface area contributed by atoms with Crippen LogP contribution in [0.3, 0.4) is 0 Å². The molecule has 2 aromatic heterocycles.